The number of likely N-dealkylation sites (N-methyl/N-ethyl adjacent to an activating group) is 1. The third-order valence-electron chi connectivity index (χ3n) is 3.92. The summed E-state index contributed by atoms with van der Waals surface area (Å²) in [5.41, 5.74) is -0.0869. The molecule has 1 saturated heterocycles. The Balaban J connectivity index is 2.27. The van der Waals surface area contributed by atoms with Crippen LogP contribution in [-0.2, 0) is 5.41 Å². The SMILES string of the molecule is CCC1CN(c2cc(Cl)nc(C(C)(C)C)n2)CCN1C. The lowest BCUT2D eigenvalue weighted by Gasteiger charge is -2.40. The lowest BCUT2D eigenvalue weighted by atomic mass is 9.96. The minimum absolute atomic E-state index is 0.0869. The lowest BCUT2D eigenvalue weighted by molar-refractivity contribution is 0.213. The molecule has 0 spiro atoms. The van der Waals surface area contributed by atoms with Gasteiger partial charge < -0.3 is 4.90 Å². The Labute approximate surface area is 127 Å². The van der Waals surface area contributed by atoms with E-state index in [2.05, 4.69) is 49.5 Å². The van der Waals surface area contributed by atoms with Crippen molar-refractivity contribution in [2.45, 2.75) is 45.6 Å². The van der Waals surface area contributed by atoms with Crippen LogP contribution in [-0.4, -0.2) is 47.6 Å². The summed E-state index contributed by atoms with van der Waals surface area (Å²) < 4.78 is 0. The first-order chi connectivity index (χ1) is 9.31. The van der Waals surface area contributed by atoms with Crippen LogP contribution >= 0.6 is 11.6 Å². The van der Waals surface area contributed by atoms with E-state index < -0.39 is 0 Å². The highest BCUT2D eigenvalue weighted by Crippen LogP contribution is 2.25. The van der Waals surface area contributed by atoms with Crippen LogP contribution in [0, 0.1) is 0 Å². The van der Waals surface area contributed by atoms with Gasteiger partial charge in [0.15, 0.2) is 0 Å². The summed E-state index contributed by atoms with van der Waals surface area (Å²) in [6.07, 6.45) is 1.15. The number of aromatic nitrogens is 2. The fourth-order valence-corrected chi connectivity index (χ4v) is 2.68. The summed E-state index contributed by atoms with van der Waals surface area (Å²) in [5, 5.41) is 0.534. The van der Waals surface area contributed by atoms with E-state index in [0.29, 0.717) is 11.2 Å². The van der Waals surface area contributed by atoms with Gasteiger partial charge in [0.25, 0.3) is 0 Å². The fourth-order valence-electron chi connectivity index (χ4n) is 2.50. The summed E-state index contributed by atoms with van der Waals surface area (Å²) in [4.78, 5) is 13.9. The van der Waals surface area contributed by atoms with Gasteiger partial charge in [0, 0.05) is 37.2 Å². The van der Waals surface area contributed by atoms with Crippen molar-refractivity contribution in [1.29, 1.82) is 0 Å². The van der Waals surface area contributed by atoms with Crippen molar-refractivity contribution in [3.63, 3.8) is 0 Å². The molecule has 1 aromatic rings. The van der Waals surface area contributed by atoms with Crippen molar-refractivity contribution in [2.75, 3.05) is 31.6 Å². The van der Waals surface area contributed by atoms with Crippen molar-refractivity contribution >= 4 is 17.4 Å². The number of hydrogen-bond acceptors (Lipinski definition) is 4. The topological polar surface area (TPSA) is 32.3 Å². The summed E-state index contributed by atoms with van der Waals surface area (Å²) in [6.45, 7) is 11.6. The van der Waals surface area contributed by atoms with Crippen molar-refractivity contribution in [3.8, 4) is 0 Å². The molecule has 0 amide bonds. The maximum atomic E-state index is 6.19. The molecule has 2 rings (SSSR count). The number of hydrogen-bond donors (Lipinski definition) is 0. The van der Waals surface area contributed by atoms with Gasteiger partial charge in [-0.3, -0.25) is 4.90 Å². The smallest absolute Gasteiger partial charge is 0.137 e. The molecule has 4 nitrogen and oxygen atoms in total. The van der Waals surface area contributed by atoms with Gasteiger partial charge in [0.1, 0.15) is 16.8 Å². The van der Waals surface area contributed by atoms with E-state index in [1.54, 1.807) is 0 Å². The molecule has 1 aliphatic rings. The molecule has 112 valence electrons. The second-order valence-corrected chi connectivity index (χ2v) is 7.00. The monoisotopic (exact) mass is 296 g/mol. The van der Waals surface area contributed by atoms with Gasteiger partial charge >= 0.3 is 0 Å². The molecule has 1 aromatic heterocycles. The molecule has 0 saturated carbocycles. The van der Waals surface area contributed by atoms with Gasteiger partial charge in [0.05, 0.1) is 0 Å². The lowest BCUT2D eigenvalue weighted by Crippen LogP contribution is -2.51. The zero-order chi connectivity index (χ0) is 14.9. The van der Waals surface area contributed by atoms with Gasteiger partial charge in [-0.1, -0.05) is 39.3 Å². The Kier molecular flexibility index (Phi) is 4.55. The van der Waals surface area contributed by atoms with Crippen LogP contribution in [0.5, 0.6) is 0 Å². The van der Waals surface area contributed by atoms with Crippen molar-refractivity contribution < 1.29 is 0 Å². The highest BCUT2D eigenvalue weighted by Gasteiger charge is 2.26. The molecular weight excluding hydrogens is 272 g/mol. The van der Waals surface area contributed by atoms with Crippen LogP contribution < -0.4 is 4.90 Å². The maximum Gasteiger partial charge on any atom is 0.137 e. The zero-order valence-corrected chi connectivity index (χ0v) is 13.9. The number of nitrogens with zero attached hydrogens (tertiary/aromatic N) is 4. The third kappa shape index (κ3) is 3.41. The molecule has 2 heterocycles. The van der Waals surface area contributed by atoms with Gasteiger partial charge in [-0.25, -0.2) is 9.97 Å². The third-order valence-corrected chi connectivity index (χ3v) is 4.12. The molecule has 0 aliphatic carbocycles. The molecule has 1 unspecified atom stereocenters. The van der Waals surface area contributed by atoms with Crippen LogP contribution in [0.15, 0.2) is 6.07 Å². The van der Waals surface area contributed by atoms with E-state index in [1.807, 2.05) is 6.07 Å². The van der Waals surface area contributed by atoms with Crippen molar-refractivity contribution in [1.82, 2.24) is 14.9 Å². The number of piperazine rings is 1. The van der Waals surface area contributed by atoms with Gasteiger partial charge in [-0.2, -0.15) is 0 Å². The van der Waals surface area contributed by atoms with Gasteiger partial charge in [-0.05, 0) is 13.5 Å². The number of anilines is 1. The Morgan fingerprint density at radius 3 is 2.60 bits per heavy atom. The van der Waals surface area contributed by atoms with E-state index in [9.17, 15) is 0 Å². The molecule has 0 aromatic carbocycles. The molecular formula is C15H25ClN4. The highest BCUT2D eigenvalue weighted by atomic mass is 35.5. The second-order valence-electron chi connectivity index (χ2n) is 6.61. The van der Waals surface area contributed by atoms with Crippen molar-refractivity contribution in [3.05, 3.63) is 17.0 Å². The van der Waals surface area contributed by atoms with Crippen LogP contribution in [0.4, 0.5) is 5.82 Å². The van der Waals surface area contributed by atoms with E-state index in [0.717, 1.165) is 37.7 Å². The Hall–Kier alpha value is -0.870. The first-order valence-corrected chi connectivity index (χ1v) is 7.69. The molecule has 1 atom stereocenters. The average molecular weight is 297 g/mol. The summed E-state index contributed by atoms with van der Waals surface area (Å²) in [7, 11) is 2.19. The minimum atomic E-state index is -0.0869. The Bertz CT molecular complexity index is 469. The van der Waals surface area contributed by atoms with Crippen molar-refractivity contribution in [2.24, 2.45) is 0 Å². The van der Waals surface area contributed by atoms with E-state index in [-0.39, 0.29) is 5.41 Å². The first kappa shape index (κ1) is 15.5. The van der Waals surface area contributed by atoms with Crippen LogP contribution in [0.25, 0.3) is 0 Å². The predicted molar refractivity (Wildman–Crippen MR) is 84.7 cm³/mol. The zero-order valence-electron chi connectivity index (χ0n) is 13.1. The predicted octanol–water partition coefficient (Wildman–Crippen LogP) is 2.96. The standard InChI is InChI=1S/C15H25ClN4/c1-6-11-10-20(8-7-19(11)5)13-9-12(16)17-14(18-13)15(2,3)4/h9,11H,6-8,10H2,1-5H3. The first-order valence-electron chi connectivity index (χ1n) is 7.31. The van der Waals surface area contributed by atoms with E-state index in [1.165, 1.54) is 0 Å². The normalized spacial score (nSPS) is 21.3. The van der Waals surface area contributed by atoms with E-state index in [4.69, 9.17) is 16.6 Å². The molecule has 0 radical (unpaired) electrons. The summed E-state index contributed by atoms with van der Waals surface area (Å²) >= 11 is 6.19. The maximum absolute atomic E-state index is 6.19. The van der Waals surface area contributed by atoms with E-state index >= 15 is 0 Å². The molecule has 1 fully saturated rings. The molecule has 1 aliphatic heterocycles. The van der Waals surface area contributed by atoms with Crippen LogP contribution in [0.1, 0.15) is 39.9 Å². The van der Waals surface area contributed by atoms with Crippen LogP contribution in [0.2, 0.25) is 5.15 Å². The summed E-state index contributed by atoms with van der Waals surface area (Å²) in [5.74, 6) is 1.77. The second kappa shape index (κ2) is 5.86. The summed E-state index contributed by atoms with van der Waals surface area (Å²) in [6, 6.07) is 2.46. The highest BCUT2D eigenvalue weighted by molar-refractivity contribution is 6.29. The average Bonchev–Trinajstić information content (AvgIpc) is 2.37. The molecule has 20 heavy (non-hydrogen) atoms. The molecule has 0 bridgehead atoms. The fraction of sp³-hybridized carbons (Fsp3) is 0.733. The van der Waals surface area contributed by atoms with Gasteiger partial charge in [-0.15, -0.1) is 0 Å². The van der Waals surface area contributed by atoms with Crippen LogP contribution in [0.3, 0.4) is 0 Å². The Morgan fingerprint density at radius 2 is 2.00 bits per heavy atom. The largest absolute Gasteiger partial charge is 0.354 e. The van der Waals surface area contributed by atoms with Gasteiger partial charge in [0.2, 0.25) is 0 Å². The molecule has 5 heteroatoms. The quantitative estimate of drug-likeness (QED) is 0.786. The number of halogens is 1. The molecule has 0 N–H and O–H groups in total. The number of rotatable bonds is 2. The minimum Gasteiger partial charge on any atom is -0.354 e. The Morgan fingerprint density at radius 1 is 1.30 bits per heavy atom.